The van der Waals surface area contributed by atoms with Gasteiger partial charge in [0, 0.05) is 5.92 Å². The van der Waals surface area contributed by atoms with E-state index in [2.05, 4.69) is 5.32 Å². The number of amides is 1. The van der Waals surface area contributed by atoms with Crippen LogP contribution >= 0.6 is 0 Å². The van der Waals surface area contributed by atoms with E-state index in [1.54, 1.807) is 52.8 Å². The molecule has 0 saturated carbocycles. The van der Waals surface area contributed by atoms with Gasteiger partial charge in [-0.1, -0.05) is 18.2 Å². The standard InChI is InChI=1S/C24H29F2NO4/c1-14-13-19(26)11-12-20(14)21(17-7-9-18(25)10-8-17)16(3)30-22(28)15(2)27-23(29)31-24(4,5)6/h7-13,15-16,21H,1-6H3,(H,27,29)/t15-,16-,21-/m0/s1. The van der Waals surface area contributed by atoms with Gasteiger partial charge in [0.2, 0.25) is 0 Å². The molecule has 0 saturated heterocycles. The first-order valence-corrected chi connectivity index (χ1v) is 10.1. The maximum absolute atomic E-state index is 13.6. The molecule has 2 aromatic carbocycles. The van der Waals surface area contributed by atoms with Crippen LogP contribution in [0, 0.1) is 18.6 Å². The Morgan fingerprint density at radius 3 is 2.10 bits per heavy atom. The fraction of sp³-hybridized carbons (Fsp3) is 0.417. The van der Waals surface area contributed by atoms with Gasteiger partial charge in [-0.2, -0.15) is 0 Å². The average molecular weight is 433 g/mol. The van der Waals surface area contributed by atoms with E-state index in [1.807, 2.05) is 0 Å². The van der Waals surface area contributed by atoms with Gasteiger partial charge in [0.05, 0.1) is 0 Å². The number of hydrogen-bond acceptors (Lipinski definition) is 4. The van der Waals surface area contributed by atoms with E-state index in [0.717, 1.165) is 5.56 Å². The molecule has 0 spiro atoms. The Hall–Kier alpha value is -2.96. The Kier molecular flexibility index (Phi) is 7.76. The van der Waals surface area contributed by atoms with Crippen molar-refractivity contribution in [1.29, 1.82) is 0 Å². The van der Waals surface area contributed by atoms with Crippen molar-refractivity contribution in [2.75, 3.05) is 0 Å². The lowest BCUT2D eigenvalue weighted by atomic mass is 9.84. The van der Waals surface area contributed by atoms with Gasteiger partial charge in [-0.25, -0.2) is 18.4 Å². The van der Waals surface area contributed by atoms with Crippen LogP contribution in [0.15, 0.2) is 42.5 Å². The van der Waals surface area contributed by atoms with Crippen molar-refractivity contribution in [2.24, 2.45) is 0 Å². The first kappa shape index (κ1) is 24.3. The van der Waals surface area contributed by atoms with Crippen LogP contribution in [0.1, 0.15) is 57.2 Å². The SMILES string of the molecule is Cc1cc(F)ccc1[C@H](c1ccc(F)cc1)[C@H](C)OC(=O)[C@H](C)NC(=O)OC(C)(C)C. The lowest BCUT2D eigenvalue weighted by molar-refractivity contribution is -0.150. The molecule has 0 unspecified atom stereocenters. The molecular weight excluding hydrogens is 404 g/mol. The number of halogens is 2. The summed E-state index contributed by atoms with van der Waals surface area (Å²) in [5.74, 6) is -1.87. The lowest BCUT2D eigenvalue weighted by Crippen LogP contribution is -2.43. The highest BCUT2D eigenvalue weighted by atomic mass is 19.1. The van der Waals surface area contributed by atoms with Gasteiger partial charge in [-0.15, -0.1) is 0 Å². The van der Waals surface area contributed by atoms with Crippen molar-refractivity contribution < 1.29 is 27.8 Å². The van der Waals surface area contributed by atoms with Crippen LogP contribution < -0.4 is 5.32 Å². The van der Waals surface area contributed by atoms with Crippen molar-refractivity contribution in [3.05, 3.63) is 70.8 Å². The summed E-state index contributed by atoms with van der Waals surface area (Å²) >= 11 is 0. The smallest absolute Gasteiger partial charge is 0.408 e. The molecule has 5 nitrogen and oxygen atoms in total. The van der Waals surface area contributed by atoms with Crippen molar-refractivity contribution >= 4 is 12.1 Å². The largest absolute Gasteiger partial charge is 0.460 e. The van der Waals surface area contributed by atoms with Gasteiger partial charge < -0.3 is 14.8 Å². The number of aryl methyl sites for hydroxylation is 1. The maximum atomic E-state index is 13.6. The van der Waals surface area contributed by atoms with Crippen molar-refractivity contribution in [2.45, 2.75) is 65.2 Å². The third kappa shape index (κ3) is 7.05. The molecule has 3 atom stereocenters. The number of hydrogen-bond donors (Lipinski definition) is 1. The summed E-state index contributed by atoms with van der Waals surface area (Å²) in [4.78, 5) is 24.5. The highest BCUT2D eigenvalue weighted by Gasteiger charge is 2.29. The summed E-state index contributed by atoms with van der Waals surface area (Å²) in [6.07, 6.45) is -1.40. The molecule has 1 amide bonds. The van der Waals surface area contributed by atoms with Gasteiger partial charge in [-0.05, 0) is 82.5 Å². The summed E-state index contributed by atoms with van der Waals surface area (Å²) in [6.45, 7) is 10.1. The molecule has 2 rings (SSSR count). The zero-order valence-corrected chi connectivity index (χ0v) is 18.7. The number of rotatable bonds is 6. The van der Waals surface area contributed by atoms with Gasteiger partial charge in [-0.3, -0.25) is 0 Å². The van der Waals surface area contributed by atoms with Crippen LogP contribution in [-0.2, 0) is 14.3 Å². The van der Waals surface area contributed by atoms with E-state index >= 15 is 0 Å². The molecule has 0 radical (unpaired) electrons. The second-order valence-corrected chi connectivity index (χ2v) is 8.54. The Morgan fingerprint density at radius 1 is 0.968 bits per heavy atom. The fourth-order valence-corrected chi connectivity index (χ4v) is 3.26. The maximum Gasteiger partial charge on any atom is 0.408 e. The van der Waals surface area contributed by atoms with Gasteiger partial charge in [0.1, 0.15) is 29.4 Å². The van der Waals surface area contributed by atoms with E-state index in [1.165, 1.54) is 31.2 Å². The van der Waals surface area contributed by atoms with Crippen LogP contribution in [0.5, 0.6) is 0 Å². The molecule has 0 aromatic heterocycles. The Labute approximate surface area is 181 Å². The number of carbonyl (C=O) groups excluding carboxylic acids is 2. The summed E-state index contributed by atoms with van der Waals surface area (Å²) in [5.41, 5.74) is 1.44. The summed E-state index contributed by atoms with van der Waals surface area (Å²) in [7, 11) is 0. The minimum Gasteiger partial charge on any atom is -0.460 e. The highest BCUT2D eigenvalue weighted by molar-refractivity contribution is 5.81. The van der Waals surface area contributed by atoms with Crippen LogP contribution in [0.3, 0.4) is 0 Å². The normalized spacial score (nSPS) is 14.3. The van der Waals surface area contributed by atoms with Crippen LogP contribution in [-0.4, -0.2) is 29.8 Å². The molecule has 31 heavy (non-hydrogen) atoms. The van der Waals surface area contributed by atoms with Crippen molar-refractivity contribution in [1.82, 2.24) is 5.32 Å². The summed E-state index contributed by atoms with van der Waals surface area (Å²) in [5, 5.41) is 2.45. The summed E-state index contributed by atoms with van der Waals surface area (Å²) < 4.78 is 37.9. The number of benzene rings is 2. The number of ether oxygens (including phenoxy) is 2. The number of esters is 1. The Bertz CT molecular complexity index is 922. The first-order valence-electron chi connectivity index (χ1n) is 10.1. The minimum absolute atomic E-state index is 0.376. The zero-order chi connectivity index (χ0) is 23.3. The van der Waals surface area contributed by atoms with E-state index < -0.39 is 41.5 Å². The van der Waals surface area contributed by atoms with E-state index in [4.69, 9.17) is 9.47 Å². The minimum atomic E-state index is -0.944. The van der Waals surface area contributed by atoms with E-state index in [0.29, 0.717) is 11.1 Å². The monoisotopic (exact) mass is 433 g/mol. The molecule has 168 valence electrons. The van der Waals surface area contributed by atoms with E-state index in [-0.39, 0.29) is 5.82 Å². The predicted molar refractivity (Wildman–Crippen MR) is 114 cm³/mol. The third-order valence-electron chi connectivity index (χ3n) is 4.65. The number of alkyl carbamates (subject to hydrolysis) is 1. The molecule has 2 aromatic rings. The molecule has 0 aliphatic carbocycles. The van der Waals surface area contributed by atoms with Gasteiger partial charge >= 0.3 is 12.1 Å². The van der Waals surface area contributed by atoms with Crippen molar-refractivity contribution in [3.63, 3.8) is 0 Å². The van der Waals surface area contributed by atoms with Gasteiger partial charge in [0.25, 0.3) is 0 Å². The van der Waals surface area contributed by atoms with Crippen molar-refractivity contribution in [3.8, 4) is 0 Å². The molecule has 7 heteroatoms. The Balaban J connectivity index is 2.23. The van der Waals surface area contributed by atoms with Crippen LogP contribution in [0.2, 0.25) is 0 Å². The Morgan fingerprint density at radius 2 is 1.55 bits per heavy atom. The average Bonchev–Trinajstić information content (AvgIpc) is 2.63. The second kappa shape index (κ2) is 9.90. The topological polar surface area (TPSA) is 64.6 Å². The molecular formula is C24H29F2NO4. The zero-order valence-electron chi connectivity index (χ0n) is 18.7. The molecule has 0 heterocycles. The highest BCUT2D eigenvalue weighted by Crippen LogP contribution is 2.32. The fourth-order valence-electron chi connectivity index (χ4n) is 3.26. The summed E-state index contributed by atoms with van der Waals surface area (Å²) in [6, 6.07) is 9.27. The predicted octanol–water partition coefficient (Wildman–Crippen LogP) is 5.25. The van der Waals surface area contributed by atoms with Gasteiger partial charge in [0.15, 0.2) is 0 Å². The molecule has 1 N–H and O–H groups in total. The first-order chi connectivity index (χ1) is 14.4. The molecule has 0 aliphatic rings. The number of nitrogens with one attached hydrogen (secondary N) is 1. The van der Waals surface area contributed by atoms with Crippen LogP contribution in [0.25, 0.3) is 0 Å². The lowest BCUT2D eigenvalue weighted by Gasteiger charge is -2.28. The number of carbonyl (C=O) groups is 2. The van der Waals surface area contributed by atoms with E-state index in [9.17, 15) is 18.4 Å². The quantitative estimate of drug-likeness (QED) is 0.632. The molecule has 0 bridgehead atoms. The molecule has 0 fully saturated rings. The third-order valence-corrected chi connectivity index (χ3v) is 4.65. The second-order valence-electron chi connectivity index (χ2n) is 8.54. The van der Waals surface area contributed by atoms with Crippen LogP contribution in [0.4, 0.5) is 13.6 Å². The molecule has 0 aliphatic heterocycles.